The van der Waals surface area contributed by atoms with Crippen molar-refractivity contribution in [1.82, 2.24) is 4.57 Å². The van der Waals surface area contributed by atoms with Crippen LogP contribution in [0.25, 0.3) is 11.8 Å². The summed E-state index contributed by atoms with van der Waals surface area (Å²) in [4.78, 5) is 33.5. The highest BCUT2D eigenvalue weighted by molar-refractivity contribution is 7.07. The maximum absolute atomic E-state index is 14.4. The second-order valence-electron chi connectivity index (χ2n) is 10.6. The molecule has 0 spiro atoms. The van der Waals surface area contributed by atoms with Gasteiger partial charge in [0.05, 0.1) is 42.7 Å². The Hall–Kier alpha value is -4.83. The van der Waals surface area contributed by atoms with Gasteiger partial charge in [-0.3, -0.25) is 9.36 Å². The van der Waals surface area contributed by atoms with Gasteiger partial charge in [-0.15, -0.1) is 0 Å². The molecule has 0 saturated heterocycles. The number of thiazole rings is 1. The highest BCUT2D eigenvalue weighted by Crippen LogP contribution is 2.38. The number of methoxy groups -OCH3 is 2. The van der Waals surface area contributed by atoms with Crippen molar-refractivity contribution in [3.63, 3.8) is 0 Å². The molecule has 1 aromatic heterocycles. The van der Waals surface area contributed by atoms with Crippen LogP contribution in [-0.4, -0.2) is 31.4 Å². The summed E-state index contributed by atoms with van der Waals surface area (Å²) < 4.78 is 24.7. The molecule has 0 aliphatic carbocycles. The van der Waals surface area contributed by atoms with Crippen LogP contribution in [0.4, 0.5) is 0 Å². The van der Waals surface area contributed by atoms with Crippen molar-refractivity contribution in [3.05, 3.63) is 149 Å². The predicted octanol–water partition coefficient (Wildman–Crippen LogP) is 6.84. The predicted molar refractivity (Wildman–Crippen MR) is 188 cm³/mol. The Labute approximate surface area is 290 Å². The molecule has 0 radical (unpaired) electrons. The second kappa shape index (κ2) is 14.5. The lowest BCUT2D eigenvalue weighted by atomic mass is 9.93. The Morgan fingerprint density at radius 3 is 2.38 bits per heavy atom. The van der Waals surface area contributed by atoms with Crippen molar-refractivity contribution in [1.29, 1.82) is 0 Å². The summed E-state index contributed by atoms with van der Waals surface area (Å²) in [6.07, 6.45) is 1.73. The summed E-state index contributed by atoms with van der Waals surface area (Å²) in [5, 5.41) is 1.08. The van der Waals surface area contributed by atoms with Crippen LogP contribution >= 0.6 is 34.5 Å². The van der Waals surface area contributed by atoms with E-state index in [2.05, 4.69) is 0 Å². The molecule has 0 saturated carbocycles. The number of rotatable bonds is 10. The third kappa shape index (κ3) is 6.75. The third-order valence-corrected chi connectivity index (χ3v) is 9.09. The minimum atomic E-state index is -0.893. The van der Waals surface area contributed by atoms with E-state index in [4.69, 9.17) is 47.1 Å². The van der Waals surface area contributed by atoms with Gasteiger partial charge in [0.15, 0.2) is 16.3 Å². The fraction of sp³-hybridized carbons (Fsp3) is 0.162. The van der Waals surface area contributed by atoms with Crippen LogP contribution < -0.4 is 29.1 Å². The Bertz CT molecular complexity index is 2210. The molecule has 0 bridgehead atoms. The van der Waals surface area contributed by atoms with Crippen LogP contribution in [-0.2, 0) is 16.1 Å². The number of aromatic nitrogens is 1. The van der Waals surface area contributed by atoms with E-state index in [1.165, 1.54) is 23.0 Å². The molecule has 0 N–H and O–H groups in total. The molecule has 0 unspecified atom stereocenters. The third-order valence-electron chi connectivity index (χ3n) is 7.64. The molecule has 4 aromatic carbocycles. The minimum Gasteiger partial charge on any atom is -0.493 e. The maximum atomic E-state index is 14.4. The first-order valence-corrected chi connectivity index (χ1v) is 16.6. The highest BCUT2D eigenvalue weighted by atomic mass is 35.5. The van der Waals surface area contributed by atoms with Crippen LogP contribution in [0.5, 0.6) is 17.2 Å². The molecule has 1 aliphatic rings. The molecule has 11 heteroatoms. The van der Waals surface area contributed by atoms with Gasteiger partial charge in [0.25, 0.3) is 5.56 Å². The summed E-state index contributed by atoms with van der Waals surface area (Å²) in [5.41, 5.74) is 3.09. The van der Waals surface area contributed by atoms with Crippen LogP contribution in [0.15, 0.2) is 106 Å². The Balaban J connectivity index is 1.56. The fourth-order valence-electron chi connectivity index (χ4n) is 5.47. The number of carbonyl (C=O) groups excluding carboxylic acids is 1. The van der Waals surface area contributed by atoms with Crippen LogP contribution in [0.1, 0.15) is 35.2 Å². The monoisotopic (exact) mass is 700 g/mol. The highest BCUT2D eigenvalue weighted by Gasteiger charge is 2.35. The average Bonchev–Trinajstić information content (AvgIpc) is 3.41. The molecule has 5 aromatic rings. The fourth-order valence-corrected chi connectivity index (χ4v) is 6.86. The number of benzene rings is 4. The lowest BCUT2D eigenvalue weighted by Gasteiger charge is -2.26. The number of nitrogens with zero attached hydrogens (tertiary/aromatic N) is 2. The molecule has 2 heterocycles. The number of ether oxygens (including phenoxy) is 4. The van der Waals surface area contributed by atoms with Gasteiger partial charge in [-0.2, -0.15) is 0 Å². The van der Waals surface area contributed by atoms with Crippen LogP contribution in [0.3, 0.4) is 0 Å². The first-order chi connectivity index (χ1) is 23.3. The molecule has 1 aliphatic heterocycles. The van der Waals surface area contributed by atoms with Crippen molar-refractivity contribution in [2.24, 2.45) is 4.99 Å². The molecular weight excluding hydrogens is 671 g/mol. The molecule has 244 valence electrons. The average molecular weight is 702 g/mol. The quantitative estimate of drug-likeness (QED) is 0.148. The Morgan fingerprint density at radius 2 is 1.65 bits per heavy atom. The second-order valence-corrected chi connectivity index (χ2v) is 12.5. The number of hydrogen-bond acceptors (Lipinski definition) is 8. The number of carbonyl (C=O) groups is 1. The summed E-state index contributed by atoms with van der Waals surface area (Å²) in [6, 6.07) is 26.4. The number of halogens is 2. The van der Waals surface area contributed by atoms with Gasteiger partial charge in [0.1, 0.15) is 12.4 Å². The van der Waals surface area contributed by atoms with E-state index in [1.54, 1.807) is 62.6 Å². The lowest BCUT2D eigenvalue weighted by Crippen LogP contribution is -2.40. The topological polar surface area (TPSA) is 88.4 Å². The zero-order valence-corrected chi connectivity index (χ0v) is 28.6. The van der Waals surface area contributed by atoms with E-state index < -0.39 is 12.0 Å². The molecular formula is C37H30Cl2N2O6S. The largest absolute Gasteiger partial charge is 0.493 e. The van der Waals surface area contributed by atoms with Gasteiger partial charge in [0.2, 0.25) is 0 Å². The lowest BCUT2D eigenvalue weighted by molar-refractivity contribution is -0.138. The van der Waals surface area contributed by atoms with Crippen molar-refractivity contribution in [2.45, 2.75) is 19.6 Å². The van der Waals surface area contributed by atoms with Crippen molar-refractivity contribution >= 4 is 52.3 Å². The van der Waals surface area contributed by atoms with E-state index in [0.717, 1.165) is 5.56 Å². The van der Waals surface area contributed by atoms with E-state index in [9.17, 15) is 9.59 Å². The van der Waals surface area contributed by atoms with Crippen molar-refractivity contribution in [3.8, 4) is 17.2 Å². The van der Waals surface area contributed by atoms with Crippen LogP contribution in [0, 0.1) is 0 Å². The molecule has 1 atom stereocenters. The minimum absolute atomic E-state index is 0.139. The van der Waals surface area contributed by atoms with Gasteiger partial charge < -0.3 is 18.9 Å². The van der Waals surface area contributed by atoms with Crippen molar-refractivity contribution in [2.75, 3.05) is 20.8 Å². The zero-order chi connectivity index (χ0) is 33.8. The van der Waals surface area contributed by atoms with Gasteiger partial charge in [0, 0.05) is 21.2 Å². The Morgan fingerprint density at radius 1 is 0.896 bits per heavy atom. The molecule has 8 nitrogen and oxygen atoms in total. The summed E-state index contributed by atoms with van der Waals surface area (Å²) in [6.45, 7) is 2.13. The first kappa shape index (κ1) is 33.1. The van der Waals surface area contributed by atoms with E-state index >= 15 is 0 Å². The summed E-state index contributed by atoms with van der Waals surface area (Å²) in [5.74, 6) is 0.892. The summed E-state index contributed by atoms with van der Waals surface area (Å²) in [7, 11) is 3.07. The van der Waals surface area contributed by atoms with E-state index in [1.807, 2.05) is 48.5 Å². The van der Waals surface area contributed by atoms with E-state index in [-0.39, 0.29) is 24.3 Å². The number of esters is 1. The zero-order valence-electron chi connectivity index (χ0n) is 26.2. The number of hydrogen-bond donors (Lipinski definition) is 0. The Kier molecular flexibility index (Phi) is 10.0. The molecule has 48 heavy (non-hydrogen) atoms. The SMILES string of the molecule is CCOC(=O)C1=C(c2ccccc2)N=c2s/c(=C\c3cc(Cl)ccc3OCc3cccc(Cl)c3)c(=O)n2[C@@H]1c1ccc(OC)c(OC)c1. The maximum Gasteiger partial charge on any atom is 0.338 e. The molecule has 6 rings (SSSR count). The molecule has 0 fully saturated rings. The van der Waals surface area contributed by atoms with Crippen molar-refractivity contribution < 1.29 is 23.7 Å². The van der Waals surface area contributed by atoms with E-state index in [0.29, 0.717) is 59.0 Å². The van der Waals surface area contributed by atoms with Gasteiger partial charge in [-0.25, -0.2) is 9.79 Å². The normalized spacial score (nSPS) is 14.3. The summed E-state index contributed by atoms with van der Waals surface area (Å²) >= 11 is 13.8. The van der Waals surface area contributed by atoms with Gasteiger partial charge in [-0.1, -0.05) is 83.1 Å². The van der Waals surface area contributed by atoms with Crippen LogP contribution in [0.2, 0.25) is 10.0 Å². The number of fused-ring (bicyclic) bond motifs is 1. The molecule has 0 amide bonds. The standard InChI is InChI=1S/C37H30Cl2N2O6S/c1-4-46-36(43)32-33(23-10-6-5-7-11-23)40-37-41(34(32)24-13-15-29(44-2)30(19-24)45-3)35(42)31(48-37)20-25-18-27(39)14-16-28(25)47-21-22-9-8-12-26(38)17-22/h5-20,34H,4,21H2,1-3H3/b31-20-/t34-/m1/s1. The smallest absolute Gasteiger partial charge is 0.338 e. The first-order valence-electron chi connectivity index (χ1n) is 15.0. The van der Waals surface area contributed by atoms with Gasteiger partial charge in [-0.05, 0) is 66.6 Å². The van der Waals surface area contributed by atoms with Gasteiger partial charge >= 0.3 is 5.97 Å².